The number of nitrogens with one attached hydrogen (secondary N) is 5. The second kappa shape index (κ2) is 20.8. The third kappa shape index (κ3) is 15.6. The van der Waals surface area contributed by atoms with Crippen molar-refractivity contribution in [2.45, 2.75) is 82.8 Å². The molecule has 50 heavy (non-hydrogen) atoms. The zero-order chi connectivity index (χ0) is 38.1. The largest absolute Gasteiger partial charge is 0.508 e. The number of aliphatic carboxylic acids is 2. The number of aromatic hydroxyl groups is 1. The predicted octanol–water partition coefficient (Wildman–Crippen LogP) is -4.03. The molecule has 0 aliphatic rings. The summed E-state index contributed by atoms with van der Waals surface area (Å²) in [6.07, 6.45) is -2.05. The summed E-state index contributed by atoms with van der Waals surface area (Å²) in [4.78, 5) is 91.6. The van der Waals surface area contributed by atoms with E-state index in [4.69, 9.17) is 17.2 Å². The summed E-state index contributed by atoms with van der Waals surface area (Å²) >= 11 is 0. The third-order valence-corrected chi connectivity index (χ3v) is 7.06. The van der Waals surface area contributed by atoms with E-state index in [2.05, 4.69) is 31.6 Å². The standard InChI is InChI=1S/C30H47N9O11/c1-14(2)23(28(48)37-19(11-16-6-8-17(41)9-7-16)26(46)39-24(15(3)40)29(49)50)38-27(47)20(12-22(43)44)36-21(42)13-35-25(45)18(31)5-4-10-34-30(32)33/h6-9,14-15,18-20,23-24,40-41H,4-5,10-13,31H2,1-3H3,(H,35,45)(H,36,42)(H,37,48)(H,38,47)(H,39,46)(H,43,44)(H,49,50)(H4,32,33,34)/t15-,18+,19+,20+,23+,24+/m1/s1. The van der Waals surface area contributed by atoms with Crippen LogP contribution in [0.1, 0.15) is 45.6 Å². The van der Waals surface area contributed by atoms with Crippen molar-refractivity contribution < 1.29 is 54.0 Å². The molecule has 20 nitrogen and oxygen atoms in total. The Morgan fingerprint density at radius 1 is 0.800 bits per heavy atom. The number of guanidine groups is 1. The molecule has 0 aromatic heterocycles. The number of nitrogens with two attached hydrogens (primary N) is 3. The number of aliphatic hydroxyl groups is 1. The molecule has 0 saturated heterocycles. The lowest BCUT2D eigenvalue weighted by Crippen LogP contribution is -2.60. The Morgan fingerprint density at radius 2 is 1.38 bits per heavy atom. The van der Waals surface area contributed by atoms with Crippen molar-refractivity contribution in [1.29, 1.82) is 0 Å². The quantitative estimate of drug-likeness (QED) is 0.0329. The first-order valence-electron chi connectivity index (χ1n) is 15.5. The summed E-state index contributed by atoms with van der Waals surface area (Å²) in [6, 6.07) is -1.70. The normalized spacial score (nSPS) is 14.4. The van der Waals surface area contributed by atoms with Crippen molar-refractivity contribution in [3.8, 4) is 5.75 Å². The molecule has 6 atom stereocenters. The molecule has 0 heterocycles. The average molecular weight is 710 g/mol. The summed E-state index contributed by atoms with van der Waals surface area (Å²) < 4.78 is 0. The molecular formula is C30H47N9O11. The molecule has 0 unspecified atom stereocenters. The van der Waals surface area contributed by atoms with Gasteiger partial charge in [-0.3, -0.25) is 33.8 Å². The molecular weight excluding hydrogens is 662 g/mol. The van der Waals surface area contributed by atoms with Gasteiger partial charge >= 0.3 is 11.9 Å². The highest BCUT2D eigenvalue weighted by atomic mass is 16.4. The fourth-order valence-corrected chi connectivity index (χ4v) is 4.35. The minimum atomic E-state index is -1.72. The molecule has 278 valence electrons. The van der Waals surface area contributed by atoms with E-state index in [1.165, 1.54) is 38.1 Å². The van der Waals surface area contributed by atoms with E-state index in [-0.39, 0.29) is 31.1 Å². The van der Waals surface area contributed by atoms with Crippen molar-refractivity contribution >= 4 is 47.4 Å². The maximum atomic E-state index is 13.5. The van der Waals surface area contributed by atoms with E-state index >= 15 is 0 Å². The van der Waals surface area contributed by atoms with E-state index in [0.717, 1.165) is 6.92 Å². The molecule has 15 N–H and O–H groups in total. The van der Waals surface area contributed by atoms with Gasteiger partial charge in [-0.1, -0.05) is 26.0 Å². The maximum Gasteiger partial charge on any atom is 0.328 e. The number of phenolic OH excluding ortho intramolecular Hbond substituents is 1. The number of aliphatic hydroxyl groups excluding tert-OH is 1. The number of amides is 5. The van der Waals surface area contributed by atoms with Gasteiger partial charge in [0.25, 0.3) is 0 Å². The van der Waals surface area contributed by atoms with Crippen LogP contribution in [0.15, 0.2) is 29.3 Å². The van der Waals surface area contributed by atoms with Gasteiger partial charge in [-0.05, 0) is 43.4 Å². The highest BCUT2D eigenvalue weighted by molar-refractivity contribution is 5.97. The summed E-state index contributed by atoms with van der Waals surface area (Å²) in [5.74, 6) is -8.48. The van der Waals surface area contributed by atoms with Crippen LogP contribution in [-0.2, 0) is 40.0 Å². The van der Waals surface area contributed by atoms with Gasteiger partial charge in [-0.25, -0.2) is 4.79 Å². The first-order valence-corrected chi connectivity index (χ1v) is 15.5. The summed E-state index contributed by atoms with van der Waals surface area (Å²) in [5, 5.41) is 49.7. The molecule has 5 amide bonds. The van der Waals surface area contributed by atoms with Crippen LogP contribution in [0.25, 0.3) is 0 Å². The Morgan fingerprint density at radius 3 is 1.90 bits per heavy atom. The smallest absolute Gasteiger partial charge is 0.328 e. The first kappa shape index (κ1) is 42.5. The van der Waals surface area contributed by atoms with Gasteiger partial charge in [-0.15, -0.1) is 0 Å². The summed E-state index contributed by atoms with van der Waals surface area (Å²) in [6.45, 7) is 3.79. The van der Waals surface area contributed by atoms with Crippen LogP contribution in [0.3, 0.4) is 0 Å². The van der Waals surface area contributed by atoms with Crippen LogP contribution in [0.4, 0.5) is 0 Å². The number of carbonyl (C=O) groups is 7. The van der Waals surface area contributed by atoms with Gasteiger partial charge in [0.2, 0.25) is 29.5 Å². The fraction of sp³-hybridized carbons (Fsp3) is 0.533. The van der Waals surface area contributed by atoms with Crippen molar-refractivity contribution in [3.63, 3.8) is 0 Å². The molecule has 0 aliphatic carbocycles. The van der Waals surface area contributed by atoms with Crippen LogP contribution in [0.2, 0.25) is 0 Å². The number of hydrogen-bond donors (Lipinski definition) is 12. The number of phenols is 1. The van der Waals surface area contributed by atoms with Crippen molar-refractivity contribution in [1.82, 2.24) is 26.6 Å². The Balaban J connectivity index is 3.06. The fourth-order valence-electron chi connectivity index (χ4n) is 4.35. The molecule has 0 radical (unpaired) electrons. The van der Waals surface area contributed by atoms with E-state index < -0.39 is 96.7 Å². The summed E-state index contributed by atoms with van der Waals surface area (Å²) in [5.41, 5.74) is 16.7. The van der Waals surface area contributed by atoms with E-state index in [0.29, 0.717) is 12.0 Å². The Bertz CT molecular complexity index is 1380. The lowest BCUT2D eigenvalue weighted by molar-refractivity contribution is -0.145. The highest BCUT2D eigenvalue weighted by Gasteiger charge is 2.34. The predicted molar refractivity (Wildman–Crippen MR) is 177 cm³/mol. The number of hydrogen-bond acceptors (Lipinski definition) is 11. The van der Waals surface area contributed by atoms with Gasteiger partial charge in [0.1, 0.15) is 23.9 Å². The topological polar surface area (TPSA) is 351 Å². The molecule has 0 aliphatic heterocycles. The number of carbonyl (C=O) groups excluding carboxylic acids is 5. The third-order valence-electron chi connectivity index (χ3n) is 7.06. The maximum absolute atomic E-state index is 13.5. The Labute approximate surface area is 287 Å². The lowest BCUT2D eigenvalue weighted by atomic mass is 10.00. The summed E-state index contributed by atoms with van der Waals surface area (Å²) in [7, 11) is 0. The monoisotopic (exact) mass is 709 g/mol. The van der Waals surface area contributed by atoms with Crippen molar-refractivity contribution in [2.75, 3.05) is 13.1 Å². The minimum Gasteiger partial charge on any atom is -0.508 e. The zero-order valence-electron chi connectivity index (χ0n) is 27.9. The van der Waals surface area contributed by atoms with Crippen LogP contribution >= 0.6 is 0 Å². The molecule has 20 heteroatoms. The number of rotatable bonds is 21. The van der Waals surface area contributed by atoms with Gasteiger partial charge in [0.05, 0.1) is 25.1 Å². The van der Waals surface area contributed by atoms with Gasteiger partial charge in [-0.2, -0.15) is 0 Å². The SMILES string of the molecule is CC(C)[C@H](NC(=O)[C@H](CC(=O)O)NC(=O)CNC(=O)[C@@H](N)CCCN=C(N)N)C(=O)N[C@@H](Cc1ccc(O)cc1)C(=O)N[C@H](C(=O)O)[C@@H](C)O. The molecule has 0 spiro atoms. The number of carboxylic acid groups (broad SMARTS) is 2. The molecule has 0 saturated carbocycles. The Kier molecular flexibility index (Phi) is 17.7. The van der Waals surface area contributed by atoms with E-state index in [9.17, 15) is 54.0 Å². The van der Waals surface area contributed by atoms with Crippen molar-refractivity contribution in [3.05, 3.63) is 29.8 Å². The number of carboxylic acids is 2. The second-order valence-corrected chi connectivity index (χ2v) is 11.7. The lowest BCUT2D eigenvalue weighted by Gasteiger charge is -2.28. The molecule has 0 fully saturated rings. The number of aliphatic imine (C=N–C) groups is 1. The van der Waals surface area contributed by atoms with Gasteiger partial charge < -0.3 is 64.2 Å². The number of nitrogens with zero attached hydrogens (tertiary/aromatic N) is 1. The van der Waals surface area contributed by atoms with Gasteiger partial charge in [0.15, 0.2) is 12.0 Å². The van der Waals surface area contributed by atoms with E-state index in [1.807, 2.05) is 0 Å². The van der Waals surface area contributed by atoms with Crippen LogP contribution in [0, 0.1) is 5.92 Å². The number of benzene rings is 1. The zero-order valence-corrected chi connectivity index (χ0v) is 27.9. The van der Waals surface area contributed by atoms with Crippen LogP contribution < -0.4 is 43.8 Å². The molecule has 1 rings (SSSR count). The Hall–Kier alpha value is -5.50. The first-order chi connectivity index (χ1) is 23.3. The second-order valence-electron chi connectivity index (χ2n) is 11.7. The average Bonchev–Trinajstić information content (AvgIpc) is 3.02. The highest BCUT2D eigenvalue weighted by Crippen LogP contribution is 2.13. The van der Waals surface area contributed by atoms with Crippen molar-refractivity contribution in [2.24, 2.45) is 28.1 Å². The molecule has 1 aromatic rings. The van der Waals surface area contributed by atoms with Crippen LogP contribution in [-0.4, -0.2) is 117 Å². The molecule has 0 bridgehead atoms. The van der Waals surface area contributed by atoms with Crippen LogP contribution in [0.5, 0.6) is 5.75 Å². The van der Waals surface area contributed by atoms with Gasteiger partial charge in [0, 0.05) is 13.0 Å². The molecule has 1 aromatic carbocycles. The minimum absolute atomic E-state index is 0.0774. The van der Waals surface area contributed by atoms with E-state index in [1.54, 1.807) is 0 Å².